The molecular weight excluding hydrogens is 219 g/mol. The highest BCUT2D eigenvalue weighted by atomic mass is 19.1. The molecule has 94 valence electrons. The van der Waals surface area contributed by atoms with Gasteiger partial charge < -0.3 is 4.74 Å². The Balaban J connectivity index is 2.23. The van der Waals surface area contributed by atoms with E-state index in [1.165, 1.54) is 24.3 Å². The van der Waals surface area contributed by atoms with Crippen molar-refractivity contribution in [2.75, 3.05) is 13.2 Å². The van der Waals surface area contributed by atoms with Crippen molar-refractivity contribution >= 4 is 5.78 Å². The minimum Gasteiger partial charge on any atom is -0.381 e. The first-order valence-corrected chi connectivity index (χ1v) is 5.96. The van der Waals surface area contributed by atoms with E-state index in [-0.39, 0.29) is 11.6 Å². The molecule has 0 saturated carbocycles. The van der Waals surface area contributed by atoms with E-state index in [1.54, 1.807) is 0 Å². The molecule has 0 radical (unpaired) electrons. The number of ether oxygens (including phenoxy) is 1. The van der Waals surface area contributed by atoms with E-state index in [2.05, 4.69) is 13.8 Å². The van der Waals surface area contributed by atoms with Crippen LogP contribution in [0.3, 0.4) is 0 Å². The maximum absolute atomic E-state index is 12.6. The molecule has 17 heavy (non-hydrogen) atoms. The summed E-state index contributed by atoms with van der Waals surface area (Å²) in [6.07, 6.45) is 1.16. The quantitative estimate of drug-likeness (QED) is 0.537. The van der Waals surface area contributed by atoms with Crippen LogP contribution in [0.2, 0.25) is 0 Å². The zero-order valence-electron chi connectivity index (χ0n) is 10.4. The Kier molecular flexibility index (Phi) is 5.84. The highest BCUT2D eigenvalue weighted by Crippen LogP contribution is 2.07. The Bertz CT molecular complexity index is 344. The van der Waals surface area contributed by atoms with Crippen LogP contribution in [0.15, 0.2) is 24.3 Å². The standard InChI is InChI=1S/C14H19FO2/c1-11(2)10-17-9-3-4-14(16)12-5-7-13(15)8-6-12/h5-8,11H,3-4,9-10H2,1-2H3. The fourth-order valence-electron chi connectivity index (χ4n) is 1.43. The van der Waals surface area contributed by atoms with Gasteiger partial charge in [-0.1, -0.05) is 13.8 Å². The van der Waals surface area contributed by atoms with Gasteiger partial charge in [-0.05, 0) is 36.6 Å². The number of carbonyl (C=O) groups excluding carboxylic acids is 1. The zero-order chi connectivity index (χ0) is 12.7. The number of benzene rings is 1. The predicted octanol–water partition coefficient (Wildman–Crippen LogP) is 3.46. The monoisotopic (exact) mass is 238 g/mol. The molecule has 0 atom stereocenters. The highest BCUT2D eigenvalue weighted by molar-refractivity contribution is 5.95. The van der Waals surface area contributed by atoms with Crippen molar-refractivity contribution in [3.8, 4) is 0 Å². The third kappa shape index (κ3) is 5.59. The van der Waals surface area contributed by atoms with E-state index in [1.807, 2.05) is 0 Å². The van der Waals surface area contributed by atoms with Crippen LogP contribution in [0.5, 0.6) is 0 Å². The first kappa shape index (κ1) is 13.8. The van der Waals surface area contributed by atoms with E-state index >= 15 is 0 Å². The third-order valence-electron chi connectivity index (χ3n) is 2.31. The first-order valence-electron chi connectivity index (χ1n) is 5.96. The summed E-state index contributed by atoms with van der Waals surface area (Å²) < 4.78 is 18.0. The molecule has 0 aliphatic rings. The molecule has 0 aliphatic heterocycles. The maximum atomic E-state index is 12.6. The van der Waals surface area contributed by atoms with Crippen molar-refractivity contribution in [1.29, 1.82) is 0 Å². The maximum Gasteiger partial charge on any atom is 0.162 e. The summed E-state index contributed by atoms with van der Waals surface area (Å²) >= 11 is 0. The molecule has 0 heterocycles. The second-order valence-corrected chi connectivity index (χ2v) is 4.50. The molecule has 3 heteroatoms. The van der Waals surface area contributed by atoms with Crippen molar-refractivity contribution in [2.24, 2.45) is 5.92 Å². The molecule has 0 spiro atoms. The molecule has 0 bridgehead atoms. The SMILES string of the molecule is CC(C)COCCCC(=O)c1ccc(F)cc1. The number of halogens is 1. The Morgan fingerprint density at radius 1 is 1.29 bits per heavy atom. The lowest BCUT2D eigenvalue weighted by Crippen LogP contribution is -2.06. The number of Topliss-reactive ketones (excluding diaryl/α,β-unsaturated/α-hetero) is 1. The lowest BCUT2D eigenvalue weighted by molar-refractivity contribution is 0.0898. The van der Waals surface area contributed by atoms with Crippen LogP contribution in [0.1, 0.15) is 37.0 Å². The highest BCUT2D eigenvalue weighted by Gasteiger charge is 2.05. The number of rotatable bonds is 7. The average Bonchev–Trinajstić information content (AvgIpc) is 2.29. The van der Waals surface area contributed by atoms with Gasteiger partial charge >= 0.3 is 0 Å². The summed E-state index contributed by atoms with van der Waals surface area (Å²) in [5.41, 5.74) is 0.565. The molecule has 0 amide bonds. The van der Waals surface area contributed by atoms with Crippen LogP contribution in [0, 0.1) is 11.7 Å². The van der Waals surface area contributed by atoms with Gasteiger partial charge in [0.05, 0.1) is 0 Å². The van der Waals surface area contributed by atoms with E-state index in [0.29, 0.717) is 30.9 Å². The summed E-state index contributed by atoms with van der Waals surface area (Å²) in [7, 11) is 0. The van der Waals surface area contributed by atoms with Crippen LogP contribution in [-0.2, 0) is 4.74 Å². The molecule has 1 aromatic rings. The number of carbonyl (C=O) groups is 1. The Morgan fingerprint density at radius 2 is 1.94 bits per heavy atom. The number of ketones is 1. The fraction of sp³-hybridized carbons (Fsp3) is 0.500. The topological polar surface area (TPSA) is 26.3 Å². The predicted molar refractivity (Wildman–Crippen MR) is 65.6 cm³/mol. The van der Waals surface area contributed by atoms with Crippen molar-refractivity contribution in [1.82, 2.24) is 0 Å². The second-order valence-electron chi connectivity index (χ2n) is 4.50. The molecule has 0 saturated heterocycles. The van der Waals surface area contributed by atoms with Gasteiger partial charge in [0.2, 0.25) is 0 Å². The summed E-state index contributed by atoms with van der Waals surface area (Å²) in [6, 6.07) is 5.66. The van der Waals surface area contributed by atoms with E-state index < -0.39 is 0 Å². The number of hydrogen-bond acceptors (Lipinski definition) is 2. The van der Waals surface area contributed by atoms with E-state index in [4.69, 9.17) is 4.74 Å². The zero-order valence-corrected chi connectivity index (χ0v) is 10.4. The summed E-state index contributed by atoms with van der Waals surface area (Å²) in [5, 5.41) is 0. The van der Waals surface area contributed by atoms with Crippen molar-refractivity contribution in [3.05, 3.63) is 35.6 Å². The normalized spacial score (nSPS) is 10.8. The third-order valence-corrected chi connectivity index (χ3v) is 2.31. The Morgan fingerprint density at radius 3 is 2.53 bits per heavy atom. The molecule has 0 fully saturated rings. The van der Waals surface area contributed by atoms with E-state index in [9.17, 15) is 9.18 Å². The van der Waals surface area contributed by atoms with Crippen LogP contribution in [0.25, 0.3) is 0 Å². The Labute approximate surface area is 102 Å². The average molecular weight is 238 g/mol. The largest absolute Gasteiger partial charge is 0.381 e. The first-order chi connectivity index (χ1) is 8.09. The smallest absolute Gasteiger partial charge is 0.162 e. The second kappa shape index (κ2) is 7.17. The lowest BCUT2D eigenvalue weighted by atomic mass is 10.1. The van der Waals surface area contributed by atoms with Gasteiger partial charge in [-0.15, -0.1) is 0 Å². The van der Waals surface area contributed by atoms with Crippen molar-refractivity contribution < 1.29 is 13.9 Å². The van der Waals surface area contributed by atoms with Crippen LogP contribution in [-0.4, -0.2) is 19.0 Å². The molecule has 0 aromatic heterocycles. The number of hydrogen-bond donors (Lipinski definition) is 0. The Hall–Kier alpha value is -1.22. The van der Waals surface area contributed by atoms with Gasteiger partial charge in [0.1, 0.15) is 5.82 Å². The minimum atomic E-state index is -0.318. The van der Waals surface area contributed by atoms with Gasteiger partial charge in [0, 0.05) is 25.2 Å². The molecule has 0 aliphatic carbocycles. The van der Waals surface area contributed by atoms with Gasteiger partial charge in [0.25, 0.3) is 0 Å². The van der Waals surface area contributed by atoms with Crippen molar-refractivity contribution in [3.63, 3.8) is 0 Å². The summed E-state index contributed by atoms with van der Waals surface area (Å²) in [5.74, 6) is 0.239. The van der Waals surface area contributed by atoms with E-state index in [0.717, 1.165) is 6.61 Å². The molecule has 2 nitrogen and oxygen atoms in total. The van der Waals surface area contributed by atoms with Gasteiger partial charge in [0.15, 0.2) is 5.78 Å². The van der Waals surface area contributed by atoms with Gasteiger partial charge in [-0.2, -0.15) is 0 Å². The summed E-state index contributed by atoms with van der Waals surface area (Å²) in [6.45, 7) is 5.50. The molecule has 0 unspecified atom stereocenters. The molecule has 1 aromatic carbocycles. The van der Waals surface area contributed by atoms with Crippen LogP contribution in [0.4, 0.5) is 4.39 Å². The summed E-state index contributed by atoms with van der Waals surface area (Å²) in [4.78, 5) is 11.7. The van der Waals surface area contributed by atoms with Gasteiger partial charge in [-0.25, -0.2) is 4.39 Å². The lowest BCUT2D eigenvalue weighted by Gasteiger charge is -2.06. The molecule has 0 N–H and O–H groups in total. The van der Waals surface area contributed by atoms with Crippen molar-refractivity contribution in [2.45, 2.75) is 26.7 Å². The minimum absolute atomic E-state index is 0.0400. The van der Waals surface area contributed by atoms with Gasteiger partial charge in [-0.3, -0.25) is 4.79 Å². The fourth-order valence-corrected chi connectivity index (χ4v) is 1.43. The van der Waals surface area contributed by atoms with Crippen LogP contribution >= 0.6 is 0 Å². The van der Waals surface area contributed by atoms with Crippen LogP contribution < -0.4 is 0 Å². The molecular formula is C14H19FO2. The molecule has 1 rings (SSSR count).